The average Bonchev–Trinajstić information content (AvgIpc) is 2.35. The van der Waals surface area contributed by atoms with E-state index in [4.69, 9.17) is 0 Å². The number of benzene rings is 2. The summed E-state index contributed by atoms with van der Waals surface area (Å²) in [4.78, 5) is 10.9. The molecule has 0 atom stereocenters. The summed E-state index contributed by atoms with van der Waals surface area (Å²) >= 11 is 0. The molecule has 2 rings (SSSR count). The van der Waals surface area contributed by atoms with E-state index in [9.17, 15) is 4.79 Å². The average molecular weight is 234 g/mol. The zero-order valence-corrected chi connectivity index (χ0v) is 10.5. The van der Waals surface area contributed by atoms with E-state index in [1.54, 1.807) is 6.07 Å². The van der Waals surface area contributed by atoms with E-state index in [1.807, 2.05) is 30.3 Å². The maximum absolute atomic E-state index is 10.9. The highest BCUT2D eigenvalue weighted by atomic mass is 16.1. The molecule has 0 aliphatic heterocycles. The third-order valence-corrected chi connectivity index (χ3v) is 2.65. The van der Waals surface area contributed by atoms with Crippen LogP contribution in [-0.2, 0) is 0 Å². The van der Waals surface area contributed by atoms with Crippen molar-refractivity contribution >= 4 is 6.29 Å². The minimum atomic E-state index is 0.634. The molecule has 0 aliphatic carbocycles. The van der Waals surface area contributed by atoms with Crippen LogP contribution in [0.5, 0.6) is 0 Å². The standard InChI is InChI=1S/C17H14O/c1-13-9-14(2)11-15(10-13)7-8-16-5-3-4-6-17(16)12-18/h3-6,9-12H,1-2H3. The molecule has 0 saturated carbocycles. The zero-order valence-electron chi connectivity index (χ0n) is 10.5. The van der Waals surface area contributed by atoms with Crippen molar-refractivity contribution in [2.45, 2.75) is 13.8 Å². The van der Waals surface area contributed by atoms with Crippen molar-refractivity contribution in [3.63, 3.8) is 0 Å². The largest absolute Gasteiger partial charge is 0.298 e. The fraction of sp³-hybridized carbons (Fsp3) is 0.118. The smallest absolute Gasteiger partial charge is 0.151 e. The molecule has 1 heteroatoms. The van der Waals surface area contributed by atoms with E-state index in [1.165, 1.54) is 11.1 Å². The van der Waals surface area contributed by atoms with Gasteiger partial charge in [-0.15, -0.1) is 0 Å². The zero-order chi connectivity index (χ0) is 13.0. The molecule has 0 aromatic heterocycles. The van der Waals surface area contributed by atoms with Gasteiger partial charge in [-0.1, -0.05) is 36.1 Å². The molecule has 0 aliphatic rings. The monoisotopic (exact) mass is 234 g/mol. The Hall–Kier alpha value is -2.33. The lowest BCUT2D eigenvalue weighted by Crippen LogP contribution is -1.86. The number of rotatable bonds is 1. The summed E-state index contributed by atoms with van der Waals surface area (Å²) in [7, 11) is 0. The number of carbonyl (C=O) groups excluding carboxylic acids is 1. The summed E-state index contributed by atoms with van der Waals surface area (Å²) < 4.78 is 0. The van der Waals surface area contributed by atoms with Crippen molar-refractivity contribution in [3.05, 3.63) is 70.3 Å². The van der Waals surface area contributed by atoms with E-state index >= 15 is 0 Å². The van der Waals surface area contributed by atoms with Crippen LogP contribution < -0.4 is 0 Å². The second-order valence-electron chi connectivity index (χ2n) is 4.33. The number of carbonyl (C=O) groups is 1. The molecule has 0 spiro atoms. The first kappa shape index (κ1) is 12.1. The lowest BCUT2D eigenvalue weighted by Gasteiger charge is -1.98. The van der Waals surface area contributed by atoms with Gasteiger partial charge in [-0.3, -0.25) is 4.79 Å². The highest BCUT2D eigenvalue weighted by molar-refractivity contribution is 5.79. The molecule has 0 heterocycles. The third-order valence-electron chi connectivity index (χ3n) is 2.65. The van der Waals surface area contributed by atoms with Crippen LogP contribution in [0.2, 0.25) is 0 Å². The van der Waals surface area contributed by atoms with Crippen LogP contribution in [-0.4, -0.2) is 6.29 Å². The molecule has 0 bridgehead atoms. The summed E-state index contributed by atoms with van der Waals surface area (Å²) in [6, 6.07) is 13.6. The minimum Gasteiger partial charge on any atom is -0.298 e. The first-order valence-electron chi connectivity index (χ1n) is 5.83. The number of aldehydes is 1. The second-order valence-corrected chi connectivity index (χ2v) is 4.33. The quantitative estimate of drug-likeness (QED) is 0.545. The van der Waals surface area contributed by atoms with Crippen molar-refractivity contribution in [1.29, 1.82) is 0 Å². The van der Waals surface area contributed by atoms with Gasteiger partial charge in [0.1, 0.15) is 0 Å². The Morgan fingerprint density at radius 1 is 0.944 bits per heavy atom. The molecule has 0 radical (unpaired) electrons. The van der Waals surface area contributed by atoms with Gasteiger partial charge in [0, 0.05) is 16.7 Å². The molecule has 18 heavy (non-hydrogen) atoms. The van der Waals surface area contributed by atoms with E-state index in [0.29, 0.717) is 5.56 Å². The van der Waals surface area contributed by atoms with Gasteiger partial charge in [0.2, 0.25) is 0 Å². The summed E-state index contributed by atoms with van der Waals surface area (Å²) in [5, 5.41) is 0. The molecule has 0 fully saturated rings. The molecular formula is C17H14O. The molecular weight excluding hydrogens is 220 g/mol. The van der Waals surface area contributed by atoms with Crippen LogP contribution in [0.3, 0.4) is 0 Å². The fourth-order valence-electron chi connectivity index (χ4n) is 1.90. The minimum absolute atomic E-state index is 0.634. The van der Waals surface area contributed by atoms with Crippen LogP contribution in [0.25, 0.3) is 0 Å². The van der Waals surface area contributed by atoms with Crippen molar-refractivity contribution < 1.29 is 4.79 Å². The van der Waals surface area contributed by atoms with Gasteiger partial charge in [-0.2, -0.15) is 0 Å². The highest BCUT2D eigenvalue weighted by Gasteiger charge is 1.96. The van der Waals surface area contributed by atoms with Gasteiger partial charge in [-0.25, -0.2) is 0 Å². The topological polar surface area (TPSA) is 17.1 Å². The third kappa shape index (κ3) is 2.87. The summed E-state index contributed by atoms with van der Waals surface area (Å²) in [6.07, 6.45) is 0.839. The maximum Gasteiger partial charge on any atom is 0.151 e. The normalized spacial score (nSPS) is 9.44. The van der Waals surface area contributed by atoms with Gasteiger partial charge >= 0.3 is 0 Å². The first-order chi connectivity index (χ1) is 8.69. The Morgan fingerprint density at radius 3 is 2.28 bits per heavy atom. The molecule has 2 aromatic carbocycles. The lowest BCUT2D eigenvalue weighted by atomic mass is 10.1. The Balaban J connectivity index is 2.39. The predicted octanol–water partition coefficient (Wildman–Crippen LogP) is 3.52. The van der Waals surface area contributed by atoms with Crippen LogP contribution in [0.15, 0.2) is 42.5 Å². The second kappa shape index (κ2) is 5.33. The lowest BCUT2D eigenvalue weighted by molar-refractivity contribution is 0.112. The molecule has 1 nitrogen and oxygen atoms in total. The van der Waals surface area contributed by atoms with Gasteiger partial charge in [0.25, 0.3) is 0 Å². The number of hydrogen-bond acceptors (Lipinski definition) is 1. The van der Waals surface area contributed by atoms with Gasteiger partial charge in [0.05, 0.1) is 0 Å². The van der Waals surface area contributed by atoms with E-state index in [-0.39, 0.29) is 0 Å². The molecule has 0 N–H and O–H groups in total. The number of hydrogen-bond donors (Lipinski definition) is 0. The molecule has 0 saturated heterocycles. The Morgan fingerprint density at radius 2 is 1.61 bits per heavy atom. The number of aryl methyl sites for hydroxylation is 2. The van der Waals surface area contributed by atoms with E-state index < -0.39 is 0 Å². The molecule has 0 amide bonds. The SMILES string of the molecule is Cc1cc(C)cc(C#Cc2ccccc2C=O)c1. The van der Waals surface area contributed by atoms with Crippen LogP contribution >= 0.6 is 0 Å². The van der Waals surface area contributed by atoms with E-state index in [2.05, 4.69) is 31.8 Å². The van der Waals surface area contributed by atoms with Gasteiger partial charge in [-0.05, 0) is 43.2 Å². The Kier molecular flexibility index (Phi) is 3.60. The van der Waals surface area contributed by atoms with Crippen LogP contribution in [0.1, 0.15) is 32.6 Å². The van der Waals surface area contributed by atoms with Gasteiger partial charge in [0.15, 0.2) is 6.29 Å². The first-order valence-corrected chi connectivity index (χ1v) is 5.83. The molecule has 2 aromatic rings. The predicted molar refractivity (Wildman–Crippen MR) is 73.7 cm³/mol. The van der Waals surface area contributed by atoms with Crippen LogP contribution in [0.4, 0.5) is 0 Å². The van der Waals surface area contributed by atoms with Crippen molar-refractivity contribution in [1.82, 2.24) is 0 Å². The summed E-state index contributed by atoms with van der Waals surface area (Å²) in [6.45, 7) is 4.11. The van der Waals surface area contributed by atoms with Crippen molar-refractivity contribution in [3.8, 4) is 11.8 Å². The van der Waals surface area contributed by atoms with Crippen molar-refractivity contribution in [2.75, 3.05) is 0 Å². The van der Waals surface area contributed by atoms with Crippen molar-refractivity contribution in [2.24, 2.45) is 0 Å². The Bertz CT molecular complexity index is 622. The Labute approximate surface area is 107 Å². The highest BCUT2D eigenvalue weighted by Crippen LogP contribution is 2.09. The van der Waals surface area contributed by atoms with Gasteiger partial charge < -0.3 is 0 Å². The summed E-state index contributed by atoms with van der Waals surface area (Å²) in [5.41, 5.74) is 4.78. The van der Waals surface area contributed by atoms with E-state index in [0.717, 1.165) is 17.4 Å². The molecule has 88 valence electrons. The summed E-state index contributed by atoms with van der Waals surface area (Å²) in [5.74, 6) is 6.16. The maximum atomic E-state index is 10.9. The molecule has 0 unspecified atom stereocenters. The van der Waals surface area contributed by atoms with Crippen LogP contribution in [0, 0.1) is 25.7 Å². The fourth-order valence-corrected chi connectivity index (χ4v) is 1.90.